The van der Waals surface area contributed by atoms with Gasteiger partial charge in [0.15, 0.2) is 0 Å². The van der Waals surface area contributed by atoms with Gasteiger partial charge in [-0.15, -0.1) is 0 Å². The maximum Gasteiger partial charge on any atom is 0.0388 e. The second kappa shape index (κ2) is 6.94. The Morgan fingerprint density at radius 1 is 1.25 bits per heavy atom. The molecule has 0 spiro atoms. The van der Waals surface area contributed by atoms with Gasteiger partial charge in [-0.1, -0.05) is 33.8 Å². The van der Waals surface area contributed by atoms with E-state index >= 15 is 0 Å². The molecular formula is C14H24N2. The predicted octanol–water partition coefficient (Wildman–Crippen LogP) is 3.74. The van der Waals surface area contributed by atoms with Gasteiger partial charge in [0.2, 0.25) is 0 Å². The van der Waals surface area contributed by atoms with Crippen LogP contribution in [0.1, 0.15) is 51.7 Å². The van der Waals surface area contributed by atoms with Crippen molar-refractivity contribution in [2.24, 2.45) is 5.73 Å². The summed E-state index contributed by atoms with van der Waals surface area (Å²) in [5.41, 5.74) is 15.3. The minimum atomic E-state index is 0.515. The summed E-state index contributed by atoms with van der Waals surface area (Å²) < 4.78 is 0. The molecule has 4 N–H and O–H groups in total. The van der Waals surface area contributed by atoms with Crippen molar-refractivity contribution in [1.29, 1.82) is 0 Å². The highest BCUT2D eigenvalue weighted by atomic mass is 14.6. The molecule has 0 atom stereocenters. The van der Waals surface area contributed by atoms with E-state index in [0.717, 1.165) is 16.9 Å². The molecule has 0 radical (unpaired) electrons. The number of benzene rings is 1. The van der Waals surface area contributed by atoms with E-state index in [2.05, 4.69) is 26.0 Å². The summed E-state index contributed by atoms with van der Waals surface area (Å²) in [6.45, 7) is 10.2. The van der Waals surface area contributed by atoms with Gasteiger partial charge in [0.1, 0.15) is 0 Å². The molecule has 2 heteroatoms. The molecule has 1 rings (SSSR count). The topological polar surface area (TPSA) is 52.0 Å². The van der Waals surface area contributed by atoms with Crippen LogP contribution in [0.5, 0.6) is 0 Å². The number of nitrogen functional groups attached to an aromatic ring is 1. The van der Waals surface area contributed by atoms with E-state index in [1.165, 1.54) is 5.56 Å². The molecular weight excluding hydrogens is 196 g/mol. The highest BCUT2D eigenvalue weighted by Crippen LogP contribution is 2.21. The van der Waals surface area contributed by atoms with Crippen molar-refractivity contribution in [2.75, 3.05) is 5.73 Å². The normalized spacial score (nSPS) is 11.0. The van der Waals surface area contributed by atoms with Gasteiger partial charge in [0, 0.05) is 11.4 Å². The minimum Gasteiger partial charge on any atom is -0.402 e. The van der Waals surface area contributed by atoms with Gasteiger partial charge in [-0.25, -0.2) is 0 Å². The van der Waals surface area contributed by atoms with Crippen molar-refractivity contribution < 1.29 is 0 Å². The van der Waals surface area contributed by atoms with Crippen LogP contribution >= 0.6 is 0 Å². The van der Waals surface area contributed by atoms with Crippen molar-refractivity contribution in [3.63, 3.8) is 0 Å². The molecule has 0 heterocycles. The number of hydrogen-bond donors (Lipinski definition) is 2. The molecule has 0 aliphatic rings. The summed E-state index contributed by atoms with van der Waals surface area (Å²) in [4.78, 5) is 0. The highest BCUT2D eigenvalue weighted by Gasteiger charge is 2.02. The van der Waals surface area contributed by atoms with Gasteiger partial charge in [-0.05, 0) is 42.2 Å². The van der Waals surface area contributed by atoms with Crippen molar-refractivity contribution in [1.82, 2.24) is 0 Å². The summed E-state index contributed by atoms with van der Waals surface area (Å²) in [5, 5.41) is 0. The second-order valence-electron chi connectivity index (χ2n) is 3.93. The molecule has 0 amide bonds. The van der Waals surface area contributed by atoms with Crippen LogP contribution < -0.4 is 11.5 Å². The average molecular weight is 220 g/mol. The third-order valence-corrected chi connectivity index (χ3v) is 2.16. The second-order valence-corrected chi connectivity index (χ2v) is 3.93. The van der Waals surface area contributed by atoms with E-state index in [4.69, 9.17) is 11.5 Å². The standard InChI is InChI=1S/C12H18N2.C2H6/c1-8(2)10-4-5-12(14)11(7-10)6-9(3)13;1-2/h4-8H,13-14H2,1-3H3;1-2H3/b9-6-;. The van der Waals surface area contributed by atoms with Gasteiger partial charge in [0.25, 0.3) is 0 Å². The molecule has 0 unspecified atom stereocenters. The first kappa shape index (κ1) is 14.6. The third-order valence-electron chi connectivity index (χ3n) is 2.16. The van der Waals surface area contributed by atoms with E-state index in [1.807, 2.05) is 32.9 Å². The first-order valence-corrected chi connectivity index (χ1v) is 5.84. The Labute approximate surface area is 99.3 Å². The summed E-state index contributed by atoms with van der Waals surface area (Å²) >= 11 is 0. The summed E-state index contributed by atoms with van der Waals surface area (Å²) in [5.74, 6) is 0.515. The van der Waals surface area contributed by atoms with E-state index in [1.54, 1.807) is 0 Å². The lowest BCUT2D eigenvalue weighted by molar-refractivity contribution is 0.866. The van der Waals surface area contributed by atoms with Crippen molar-refractivity contribution in [2.45, 2.75) is 40.5 Å². The van der Waals surface area contributed by atoms with Crippen LogP contribution in [0.15, 0.2) is 23.9 Å². The Morgan fingerprint density at radius 3 is 2.25 bits per heavy atom. The molecule has 0 saturated heterocycles. The Morgan fingerprint density at radius 2 is 1.81 bits per heavy atom. The molecule has 2 nitrogen and oxygen atoms in total. The number of allylic oxidation sites excluding steroid dienone is 1. The fourth-order valence-corrected chi connectivity index (χ4v) is 1.32. The van der Waals surface area contributed by atoms with Gasteiger partial charge in [-0.3, -0.25) is 0 Å². The quantitative estimate of drug-likeness (QED) is 0.746. The number of rotatable bonds is 2. The molecule has 0 bridgehead atoms. The lowest BCUT2D eigenvalue weighted by atomic mass is 9.99. The van der Waals surface area contributed by atoms with E-state index < -0.39 is 0 Å². The van der Waals surface area contributed by atoms with Gasteiger partial charge < -0.3 is 11.5 Å². The molecule has 0 fully saturated rings. The molecule has 0 saturated carbocycles. The summed E-state index contributed by atoms with van der Waals surface area (Å²) in [7, 11) is 0. The number of anilines is 1. The smallest absolute Gasteiger partial charge is 0.0388 e. The zero-order valence-electron chi connectivity index (χ0n) is 11.0. The predicted molar refractivity (Wildman–Crippen MR) is 74.1 cm³/mol. The fourth-order valence-electron chi connectivity index (χ4n) is 1.32. The van der Waals surface area contributed by atoms with E-state index in [9.17, 15) is 0 Å². The lowest BCUT2D eigenvalue weighted by Crippen LogP contribution is -1.96. The summed E-state index contributed by atoms with van der Waals surface area (Å²) in [6.07, 6.45) is 1.90. The highest BCUT2D eigenvalue weighted by molar-refractivity contribution is 5.66. The molecule has 1 aromatic rings. The first-order chi connectivity index (χ1) is 7.50. The SMILES string of the molecule is C/C(N)=C/c1cc(C(C)C)ccc1N.CC. The molecule has 1 aromatic carbocycles. The maximum atomic E-state index is 5.84. The van der Waals surface area contributed by atoms with Crippen LogP contribution in [0.3, 0.4) is 0 Å². The Hall–Kier alpha value is -1.44. The molecule has 0 aromatic heterocycles. The first-order valence-electron chi connectivity index (χ1n) is 5.84. The fraction of sp³-hybridized carbons (Fsp3) is 0.429. The van der Waals surface area contributed by atoms with E-state index in [-0.39, 0.29) is 0 Å². The largest absolute Gasteiger partial charge is 0.402 e. The van der Waals surface area contributed by atoms with Crippen LogP contribution in [0.25, 0.3) is 6.08 Å². The third kappa shape index (κ3) is 4.39. The van der Waals surface area contributed by atoms with E-state index in [0.29, 0.717) is 5.92 Å². The molecule has 0 aliphatic carbocycles. The number of nitrogens with two attached hydrogens (primary N) is 2. The average Bonchev–Trinajstić information content (AvgIpc) is 2.23. The molecule has 16 heavy (non-hydrogen) atoms. The zero-order valence-corrected chi connectivity index (χ0v) is 11.0. The molecule has 90 valence electrons. The van der Waals surface area contributed by atoms with Crippen molar-refractivity contribution in [3.8, 4) is 0 Å². The van der Waals surface area contributed by atoms with Gasteiger partial charge >= 0.3 is 0 Å². The maximum absolute atomic E-state index is 5.84. The minimum absolute atomic E-state index is 0.515. The van der Waals surface area contributed by atoms with Gasteiger partial charge in [0.05, 0.1) is 0 Å². The molecule has 0 aliphatic heterocycles. The monoisotopic (exact) mass is 220 g/mol. The van der Waals surface area contributed by atoms with Crippen LogP contribution in [0.2, 0.25) is 0 Å². The van der Waals surface area contributed by atoms with Crippen LogP contribution in [-0.4, -0.2) is 0 Å². The Balaban J connectivity index is 0.00000106. The van der Waals surface area contributed by atoms with Crippen molar-refractivity contribution >= 4 is 11.8 Å². The Kier molecular flexibility index (Phi) is 6.31. The Bertz CT molecular complexity index is 348. The summed E-state index contributed by atoms with van der Waals surface area (Å²) in [6, 6.07) is 6.09. The van der Waals surface area contributed by atoms with Gasteiger partial charge in [-0.2, -0.15) is 0 Å². The van der Waals surface area contributed by atoms with Crippen molar-refractivity contribution in [3.05, 3.63) is 35.0 Å². The zero-order chi connectivity index (χ0) is 12.7. The van der Waals surface area contributed by atoms with Crippen LogP contribution in [-0.2, 0) is 0 Å². The number of hydrogen-bond acceptors (Lipinski definition) is 2. The van der Waals surface area contributed by atoms with Crippen LogP contribution in [0.4, 0.5) is 5.69 Å². The lowest BCUT2D eigenvalue weighted by Gasteiger charge is -2.08. The van der Waals surface area contributed by atoms with Crippen LogP contribution in [0, 0.1) is 0 Å².